The van der Waals surface area contributed by atoms with Gasteiger partial charge in [-0.15, -0.1) is 0 Å². The smallest absolute Gasteiger partial charge is 0.218 e. The first-order valence-corrected chi connectivity index (χ1v) is 10.5. The Labute approximate surface area is 159 Å². The van der Waals surface area contributed by atoms with Gasteiger partial charge in [-0.25, -0.2) is 17.1 Å². The molecule has 0 aromatic heterocycles. The molecule has 0 spiro atoms. The maximum Gasteiger partial charge on any atom is 0.218 e. The first kappa shape index (κ1) is 19.3. The lowest BCUT2D eigenvalue weighted by Crippen LogP contribution is -2.39. The molecule has 0 amide bonds. The summed E-state index contributed by atoms with van der Waals surface area (Å²) in [7, 11) is -2.02. The van der Waals surface area contributed by atoms with Crippen LogP contribution in [-0.2, 0) is 22.3 Å². The fraction of sp³-hybridized carbons (Fsp3) is 0.368. The molecule has 26 heavy (non-hydrogen) atoms. The highest BCUT2D eigenvalue weighted by Gasteiger charge is 2.32. The maximum atomic E-state index is 14.0. The fourth-order valence-electron chi connectivity index (χ4n) is 3.26. The van der Waals surface area contributed by atoms with E-state index in [0.717, 1.165) is 25.6 Å². The number of likely N-dealkylation sites (tertiary alicyclic amines) is 1. The quantitative estimate of drug-likeness (QED) is 0.750. The number of hydrogen-bond acceptors (Lipinski definition) is 3. The molecule has 1 aliphatic rings. The number of sulfonamides is 1. The molecule has 0 unspecified atom stereocenters. The summed E-state index contributed by atoms with van der Waals surface area (Å²) in [4.78, 5) is 2.24. The maximum absolute atomic E-state index is 14.0. The van der Waals surface area contributed by atoms with Crippen molar-refractivity contribution in [3.63, 3.8) is 0 Å². The highest BCUT2D eigenvalue weighted by molar-refractivity contribution is 7.88. The zero-order chi connectivity index (χ0) is 18.7. The Morgan fingerprint density at radius 3 is 2.65 bits per heavy atom. The van der Waals surface area contributed by atoms with Gasteiger partial charge in [-0.1, -0.05) is 48.0 Å². The van der Waals surface area contributed by atoms with E-state index in [1.807, 2.05) is 18.2 Å². The average molecular weight is 397 g/mol. The number of halogens is 2. The number of nitrogens with zero attached hydrogens (tertiary/aromatic N) is 2. The summed E-state index contributed by atoms with van der Waals surface area (Å²) < 4.78 is 40.7. The van der Waals surface area contributed by atoms with E-state index < -0.39 is 15.8 Å². The second kappa shape index (κ2) is 8.05. The third-order valence-corrected chi connectivity index (χ3v) is 6.89. The Kier molecular flexibility index (Phi) is 5.97. The summed E-state index contributed by atoms with van der Waals surface area (Å²) in [5.74, 6) is -0.951. The van der Waals surface area contributed by atoms with Crippen molar-refractivity contribution in [3.05, 3.63) is 70.5 Å². The highest BCUT2D eigenvalue weighted by atomic mass is 35.5. The molecule has 2 aromatic carbocycles. The Balaban J connectivity index is 1.63. The molecule has 2 aromatic rings. The molecule has 3 rings (SSSR count). The third-order valence-electron chi connectivity index (χ3n) is 4.80. The molecule has 4 nitrogen and oxygen atoms in total. The molecule has 140 valence electrons. The van der Waals surface area contributed by atoms with Gasteiger partial charge in [0.05, 0.1) is 5.75 Å². The molecule has 1 heterocycles. The van der Waals surface area contributed by atoms with Crippen LogP contribution in [-0.4, -0.2) is 43.8 Å². The van der Waals surface area contributed by atoms with E-state index in [1.165, 1.54) is 22.0 Å². The third kappa shape index (κ3) is 4.62. The van der Waals surface area contributed by atoms with Crippen molar-refractivity contribution in [1.29, 1.82) is 0 Å². The molecule has 0 bridgehead atoms. The average Bonchev–Trinajstić information content (AvgIpc) is 3.06. The lowest BCUT2D eigenvalue weighted by molar-refractivity contribution is 0.298. The summed E-state index contributed by atoms with van der Waals surface area (Å²) in [5.41, 5.74) is 1.35. The van der Waals surface area contributed by atoms with Crippen LogP contribution >= 0.6 is 11.6 Å². The Morgan fingerprint density at radius 1 is 1.23 bits per heavy atom. The van der Waals surface area contributed by atoms with E-state index >= 15 is 0 Å². The number of rotatable bonds is 6. The molecular formula is C19H22ClFN2O2S. The van der Waals surface area contributed by atoms with Gasteiger partial charge in [-0.3, -0.25) is 4.90 Å². The van der Waals surface area contributed by atoms with Crippen LogP contribution in [0.2, 0.25) is 5.02 Å². The topological polar surface area (TPSA) is 40.6 Å². The lowest BCUT2D eigenvalue weighted by atomic mass is 10.2. The highest BCUT2D eigenvalue weighted by Crippen LogP contribution is 2.23. The van der Waals surface area contributed by atoms with Gasteiger partial charge in [0.25, 0.3) is 0 Å². The number of likely N-dealkylation sites (N-methyl/N-ethyl adjacent to an activating group) is 1. The minimum absolute atomic E-state index is 0.0981. The summed E-state index contributed by atoms with van der Waals surface area (Å²) >= 11 is 5.73. The van der Waals surface area contributed by atoms with E-state index in [1.54, 1.807) is 7.05 Å². The molecule has 1 aliphatic heterocycles. The summed E-state index contributed by atoms with van der Waals surface area (Å²) in [6, 6.07) is 14.1. The monoisotopic (exact) mass is 396 g/mol. The van der Waals surface area contributed by atoms with E-state index in [2.05, 4.69) is 17.0 Å². The summed E-state index contributed by atoms with van der Waals surface area (Å²) in [6.07, 6.45) is 0.770. The first-order valence-electron chi connectivity index (χ1n) is 8.51. The van der Waals surface area contributed by atoms with Crippen molar-refractivity contribution < 1.29 is 12.8 Å². The zero-order valence-corrected chi connectivity index (χ0v) is 16.2. The molecular weight excluding hydrogens is 375 g/mol. The van der Waals surface area contributed by atoms with Gasteiger partial charge in [0.15, 0.2) is 0 Å². The molecule has 7 heteroatoms. The van der Waals surface area contributed by atoms with Crippen molar-refractivity contribution in [1.82, 2.24) is 9.21 Å². The van der Waals surface area contributed by atoms with Crippen molar-refractivity contribution in [2.75, 3.05) is 20.1 Å². The largest absolute Gasteiger partial charge is 0.297 e. The van der Waals surface area contributed by atoms with Crippen molar-refractivity contribution in [3.8, 4) is 0 Å². The second-order valence-corrected chi connectivity index (χ2v) is 9.14. The molecule has 0 aliphatic carbocycles. The van der Waals surface area contributed by atoms with Gasteiger partial charge in [-0.2, -0.15) is 0 Å². The fourth-order valence-corrected chi connectivity index (χ4v) is 4.87. The van der Waals surface area contributed by atoms with Crippen LogP contribution in [0.15, 0.2) is 48.5 Å². The summed E-state index contributed by atoms with van der Waals surface area (Å²) in [5, 5.41) is 0.254. The van der Waals surface area contributed by atoms with Crippen molar-refractivity contribution in [2.24, 2.45) is 0 Å². The Bertz CT molecular complexity index is 861. The SMILES string of the molecule is CN([C@@H]1CCN(Cc2ccccc2)C1)S(=O)(=O)Cc1ccc(Cl)cc1F. The van der Waals surface area contributed by atoms with Gasteiger partial charge in [0, 0.05) is 43.3 Å². The van der Waals surface area contributed by atoms with E-state index in [0.29, 0.717) is 6.54 Å². The van der Waals surface area contributed by atoms with Crippen molar-refractivity contribution in [2.45, 2.75) is 24.8 Å². The van der Waals surface area contributed by atoms with E-state index in [4.69, 9.17) is 11.6 Å². The second-order valence-electron chi connectivity index (χ2n) is 6.67. The minimum Gasteiger partial charge on any atom is -0.297 e. The van der Waals surface area contributed by atoms with Gasteiger partial charge in [-0.05, 0) is 24.1 Å². The first-order chi connectivity index (χ1) is 12.3. The van der Waals surface area contributed by atoms with Crippen LogP contribution in [0.4, 0.5) is 4.39 Å². The van der Waals surface area contributed by atoms with Gasteiger partial charge < -0.3 is 0 Å². The van der Waals surface area contributed by atoms with E-state index in [-0.39, 0.29) is 22.4 Å². The molecule has 1 atom stereocenters. The van der Waals surface area contributed by atoms with E-state index in [9.17, 15) is 12.8 Å². The minimum atomic E-state index is -3.60. The Morgan fingerprint density at radius 2 is 1.96 bits per heavy atom. The van der Waals surface area contributed by atoms with Gasteiger partial charge in [0.2, 0.25) is 10.0 Å². The van der Waals surface area contributed by atoms with Crippen LogP contribution in [0.5, 0.6) is 0 Å². The predicted molar refractivity (Wildman–Crippen MR) is 102 cm³/mol. The van der Waals surface area contributed by atoms with Crippen molar-refractivity contribution >= 4 is 21.6 Å². The normalized spacial score (nSPS) is 18.5. The number of hydrogen-bond donors (Lipinski definition) is 0. The van der Waals surface area contributed by atoms with Crippen LogP contribution in [0, 0.1) is 5.82 Å². The standard InChI is InChI=1S/C19H22ClFN2O2S/c1-22(26(24,25)14-16-7-8-17(20)11-19(16)21)18-9-10-23(13-18)12-15-5-3-2-4-6-15/h2-8,11,18H,9-10,12-14H2,1H3/t18-/m1/s1. The van der Waals surface area contributed by atoms with Gasteiger partial charge in [0.1, 0.15) is 5.82 Å². The zero-order valence-electron chi connectivity index (χ0n) is 14.6. The molecule has 1 fully saturated rings. The molecule has 0 saturated carbocycles. The lowest BCUT2D eigenvalue weighted by Gasteiger charge is -2.24. The van der Waals surface area contributed by atoms with Gasteiger partial charge >= 0.3 is 0 Å². The molecule has 1 saturated heterocycles. The summed E-state index contributed by atoms with van der Waals surface area (Å²) in [6.45, 7) is 2.32. The predicted octanol–water partition coefficient (Wildman–Crippen LogP) is 3.52. The molecule has 0 N–H and O–H groups in total. The van der Waals surface area contributed by atoms with Crippen LogP contribution in [0.1, 0.15) is 17.5 Å². The number of benzene rings is 2. The van der Waals surface area contributed by atoms with Crippen LogP contribution in [0.25, 0.3) is 0 Å². The Hall–Kier alpha value is -1.47. The molecule has 0 radical (unpaired) electrons. The van der Waals surface area contributed by atoms with Crippen LogP contribution < -0.4 is 0 Å². The van der Waals surface area contributed by atoms with Crippen LogP contribution in [0.3, 0.4) is 0 Å².